The molecule has 0 saturated heterocycles. The van der Waals surface area contributed by atoms with Gasteiger partial charge in [0.15, 0.2) is 17.5 Å². The highest BCUT2D eigenvalue weighted by Crippen LogP contribution is 2.24. The van der Waals surface area contributed by atoms with Crippen LogP contribution in [0.15, 0.2) is 42.5 Å². The first kappa shape index (κ1) is 14.6. The van der Waals surface area contributed by atoms with E-state index in [0.717, 1.165) is 6.07 Å². The van der Waals surface area contributed by atoms with E-state index in [2.05, 4.69) is 20.5 Å². The molecule has 4 N–H and O–H groups in total. The van der Waals surface area contributed by atoms with E-state index >= 15 is 0 Å². The molecule has 0 fully saturated rings. The highest BCUT2D eigenvalue weighted by molar-refractivity contribution is 6.02. The molecule has 0 atom stereocenters. The predicted octanol–water partition coefficient (Wildman–Crippen LogP) is 2.58. The normalized spacial score (nSPS) is 10.5. The quantitative estimate of drug-likeness (QED) is 0.692. The van der Waals surface area contributed by atoms with Crippen LogP contribution >= 0.6 is 0 Å². The number of hydrogen-bond acceptors (Lipinski definition) is 4. The summed E-state index contributed by atoms with van der Waals surface area (Å²) in [5.74, 6) is -2.12. The second kappa shape index (κ2) is 5.84. The van der Waals surface area contributed by atoms with Crippen molar-refractivity contribution in [3.63, 3.8) is 0 Å². The number of nitrogens with one attached hydrogen (secondary N) is 2. The zero-order valence-corrected chi connectivity index (χ0v) is 11.7. The minimum atomic E-state index is -0.994. The topological polar surface area (TPSA) is 96.7 Å². The third-order valence-corrected chi connectivity index (χ3v) is 3.06. The van der Waals surface area contributed by atoms with Crippen molar-refractivity contribution < 1.29 is 13.6 Å². The fourth-order valence-corrected chi connectivity index (χ4v) is 1.99. The van der Waals surface area contributed by atoms with Crippen LogP contribution in [-0.4, -0.2) is 21.1 Å². The van der Waals surface area contributed by atoms with E-state index < -0.39 is 17.5 Å². The number of nitrogens with two attached hydrogens (primary N) is 1. The van der Waals surface area contributed by atoms with Gasteiger partial charge < -0.3 is 11.1 Å². The smallest absolute Gasteiger partial charge is 0.275 e. The molecule has 116 valence electrons. The Morgan fingerprint density at radius 3 is 2.74 bits per heavy atom. The average molecular weight is 315 g/mol. The van der Waals surface area contributed by atoms with Crippen LogP contribution in [0, 0.1) is 11.6 Å². The van der Waals surface area contributed by atoms with Gasteiger partial charge in [0.2, 0.25) is 0 Å². The average Bonchev–Trinajstić information content (AvgIpc) is 2.98. The molecule has 0 aliphatic heterocycles. The number of nitrogens with zero attached hydrogens (tertiary/aromatic N) is 2. The van der Waals surface area contributed by atoms with Gasteiger partial charge in [0.25, 0.3) is 5.91 Å². The molecule has 0 unspecified atom stereocenters. The van der Waals surface area contributed by atoms with Crippen LogP contribution in [0.1, 0.15) is 10.5 Å². The number of nitrogen functional groups attached to an aromatic ring is 1. The third-order valence-electron chi connectivity index (χ3n) is 3.06. The molecular weight excluding hydrogens is 304 g/mol. The summed E-state index contributed by atoms with van der Waals surface area (Å²) in [4.78, 5) is 15.9. The molecule has 23 heavy (non-hydrogen) atoms. The van der Waals surface area contributed by atoms with Gasteiger partial charge >= 0.3 is 0 Å². The molecule has 1 amide bonds. The fourth-order valence-electron chi connectivity index (χ4n) is 1.99. The number of anilines is 2. The van der Waals surface area contributed by atoms with Crippen LogP contribution in [-0.2, 0) is 0 Å². The van der Waals surface area contributed by atoms with Crippen LogP contribution in [0.4, 0.5) is 20.4 Å². The molecule has 8 heteroatoms. The van der Waals surface area contributed by atoms with Crippen molar-refractivity contribution >= 4 is 17.5 Å². The largest absolute Gasteiger partial charge is 0.384 e. The van der Waals surface area contributed by atoms with E-state index in [4.69, 9.17) is 5.73 Å². The van der Waals surface area contributed by atoms with Crippen molar-refractivity contribution in [3.05, 3.63) is 59.8 Å². The van der Waals surface area contributed by atoms with Gasteiger partial charge in [-0.05, 0) is 24.3 Å². The molecule has 2 aromatic heterocycles. The van der Waals surface area contributed by atoms with Crippen molar-refractivity contribution in [2.45, 2.75) is 0 Å². The minimum Gasteiger partial charge on any atom is -0.384 e. The molecule has 2 heterocycles. The number of carbonyl (C=O) groups is 1. The summed E-state index contributed by atoms with van der Waals surface area (Å²) in [5.41, 5.74) is 5.88. The van der Waals surface area contributed by atoms with Gasteiger partial charge in [0, 0.05) is 11.6 Å². The minimum absolute atomic E-state index is 0.0140. The van der Waals surface area contributed by atoms with Gasteiger partial charge in [0.1, 0.15) is 11.5 Å². The van der Waals surface area contributed by atoms with Crippen LogP contribution in [0.3, 0.4) is 0 Å². The van der Waals surface area contributed by atoms with Gasteiger partial charge in [0.05, 0.1) is 5.69 Å². The molecule has 3 aromatic rings. The zero-order chi connectivity index (χ0) is 16.4. The van der Waals surface area contributed by atoms with E-state index in [-0.39, 0.29) is 28.6 Å². The number of amides is 1. The number of pyridine rings is 1. The van der Waals surface area contributed by atoms with E-state index in [1.165, 1.54) is 24.3 Å². The summed E-state index contributed by atoms with van der Waals surface area (Å²) >= 11 is 0. The van der Waals surface area contributed by atoms with E-state index in [1.54, 1.807) is 12.1 Å². The van der Waals surface area contributed by atoms with Gasteiger partial charge in [-0.15, -0.1) is 0 Å². The first-order valence-corrected chi connectivity index (χ1v) is 6.58. The number of halogens is 2. The molecule has 0 saturated carbocycles. The van der Waals surface area contributed by atoms with Crippen LogP contribution in [0.5, 0.6) is 0 Å². The zero-order valence-electron chi connectivity index (χ0n) is 11.7. The Balaban J connectivity index is 1.82. The van der Waals surface area contributed by atoms with Crippen LogP contribution < -0.4 is 11.1 Å². The number of hydrogen-bond donors (Lipinski definition) is 3. The van der Waals surface area contributed by atoms with Crippen molar-refractivity contribution in [3.8, 4) is 11.3 Å². The number of carbonyl (C=O) groups excluding carboxylic acids is 1. The van der Waals surface area contributed by atoms with Gasteiger partial charge in [-0.25, -0.2) is 13.8 Å². The Kier molecular flexibility index (Phi) is 3.71. The van der Waals surface area contributed by atoms with Crippen molar-refractivity contribution in [2.75, 3.05) is 11.1 Å². The van der Waals surface area contributed by atoms with Crippen molar-refractivity contribution in [1.82, 2.24) is 15.2 Å². The molecule has 0 bridgehead atoms. The van der Waals surface area contributed by atoms with Gasteiger partial charge in [-0.2, -0.15) is 5.10 Å². The molecule has 0 radical (unpaired) electrons. The lowest BCUT2D eigenvalue weighted by Gasteiger charge is -2.01. The van der Waals surface area contributed by atoms with Crippen LogP contribution in [0.2, 0.25) is 0 Å². The lowest BCUT2D eigenvalue weighted by Crippen LogP contribution is -2.14. The first-order chi connectivity index (χ1) is 11.0. The maximum absolute atomic E-state index is 13.7. The second-order valence-corrected chi connectivity index (χ2v) is 4.67. The summed E-state index contributed by atoms with van der Waals surface area (Å²) < 4.78 is 27.0. The Morgan fingerprint density at radius 2 is 1.96 bits per heavy atom. The van der Waals surface area contributed by atoms with E-state index in [9.17, 15) is 13.6 Å². The Labute approximate surface area is 129 Å². The monoisotopic (exact) mass is 315 g/mol. The number of benzene rings is 1. The highest BCUT2D eigenvalue weighted by Gasteiger charge is 2.14. The maximum atomic E-state index is 13.7. The number of aromatic nitrogens is 3. The molecule has 1 aromatic carbocycles. The Hall–Kier alpha value is -3.29. The Morgan fingerprint density at radius 1 is 1.17 bits per heavy atom. The summed E-state index contributed by atoms with van der Waals surface area (Å²) in [6.07, 6.45) is 0. The van der Waals surface area contributed by atoms with E-state index in [0.29, 0.717) is 0 Å². The van der Waals surface area contributed by atoms with Crippen molar-refractivity contribution in [1.29, 1.82) is 0 Å². The molecule has 0 aliphatic rings. The molecule has 6 nitrogen and oxygen atoms in total. The predicted molar refractivity (Wildman–Crippen MR) is 80.5 cm³/mol. The summed E-state index contributed by atoms with van der Waals surface area (Å²) in [5, 5.41) is 8.88. The van der Waals surface area contributed by atoms with Gasteiger partial charge in [-0.1, -0.05) is 12.1 Å². The standard InChI is InChI=1S/C15H11F2N5O/c16-9-4-1-3-8(14(9)17)11-7-13(22-21-11)20-15(23)10-5-2-6-12(18)19-10/h1-7H,(H2,18,19)(H2,20,21,22,23). The summed E-state index contributed by atoms with van der Waals surface area (Å²) in [6, 6.07) is 9.82. The highest BCUT2D eigenvalue weighted by atomic mass is 19.2. The lowest BCUT2D eigenvalue weighted by atomic mass is 10.1. The Bertz CT molecular complexity index is 878. The summed E-state index contributed by atoms with van der Waals surface area (Å²) in [6.45, 7) is 0. The number of H-pyrrole nitrogens is 1. The van der Waals surface area contributed by atoms with Crippen molar-refractivity contribution in [2.24, 2.45) is 0 Å². The maximum Gasteiger partial charge on any atom is 0.275 e. The second-order valence-electron chi connectivity index (χ2n) is 4.67. The van der Waals surface area contributed by atoms with Gasteiger partial charge in [-0.3, -0.25) is 9.89 Å². The lowest BCUT2D eigenvalue weighted by molar-refractivity contribution is 0.102. The fraction of sp³-hybridized carbons (Fsp3) is 0. The SMILES string of the molecule is Nc1cccc(C(=O)Nc2cc(-c3cccc(F)c3F)[nH]n2)n1. The molecular formula is C15H11F2N5O. The summed E-state index contributed by atoms with van der Waals surface area (Å²) in [7, 11) is 0. The number of rotatable bonds is 3. The number of aromatic amines is 1. The third kappa shape index (κ3) is 3.00. The molecule has 0 aliphatic carbocycles. The molecule has 3 rings (SSSR count). The first-order valence-electron chi connectivity index (χ1n) is 6.58. The molecule has 0 spiro atoms. The van der Waals surface area contributed by atoms with Crippen LogP contribution in [0.25, 0.3) is 11.3 Å². The van der Waals surface area contributed by atoms with E-state index in [1.807, 2.05) is 0 Å².